The van der Waals surface area contributed by atoms with E-state index in [1.54, 1.807) is 6.92 Å². The third-order valence-electron chi connectivity index (χ3n) is 2.49. The van der Waals surface area contributed by atoms with Gasteiger partial charge in [-0.25, -0.2) is 0 Å². The number of rotatable bonds is 6. The molecule has 0 saturated heterocycles. The predicted octanol–water partition coefficient (Wildman–Crippen LogP) is 0.437. The quantitative estimate of drug-likeness (QED) is 0.674. The van der Waals surface area contributed by atoms with Crippen molar-refractivity contribution in [3.8, 4) is 0 Å². The maximum atomic E-state index is 11.8. The molecule has 0 aliphatic rings. The van der Waals surface area contributed by atoms with Crippen LogP contribution in [0.5, 0.6) is 0 Å². The van der Waals surface area contributed by atoms with Crippen molar-refractivity contribution in [1.29, 1.82) is 0 Å². The second-order valence-electron chi connectivity index (χ2n) is 3.80. The molecule has 0 aromatic heterocycles. The molecule has 15 heavy (non-hydrogen) atoms. The highest BCUT2D eigenvalue weighted by Crippen LogP contribution is 2.10. The first kappa shape index (κ1) is 13.9. The Morgan fingerprint density at radius 3 is 2.27 bits per heavy atom. The van der Waals surface area contributed by atoms with E-state index < -0.39 is 11.5 Å². The van der Waals surface area contributed by atoms with Crippen LogP contribution in [0, 0.1) is 0 Å². The van der Waals surface area contributed by atoms with Crippen LogP contribution in [-0.2, 0) is 9.59 Å². The molecule has 3 N–H and O–H groups in total. The van der Waals surface area contributed by atoms with Crippen molar-refractivity contribution >= 4 is 11.9 Å². The number of nitrogens with two attached hydrogens (primary N) is 1. The van der Waals surface area contributed by atoms with Gasteiger partial charge in [-0.15, -0.1) is 0 Å². The molecule has 1 unspecified atom stereocenters. The summed E-state index contributed by atoms with van der Waals surface area (Å²) in [4.78, 5) is 23.7. The van der Waals surface area contributed by atoms with Gasteiger partial charge in [-0.2, -0.15) is 0 Å². The van der Waals surface area contributed by atoms with Gasteiger partial charge in [-0.1, -0.05) is 6.92 Å². The van der Waals surface area contributed by atoms with Gasteiger partial charge in [0.2, 0.25) is 5.91 Å². The van der Waals surface area contributed by atoms with Gasteiger partial charge in [0.15, 0.2) is 0 Å². The van der Waals surface area contributed by atoms with Crippen molar-refractivity contribution in [2.24, 2.45) is 5.73 Å². The second kappa shape index (κ2) is 5.70. The molecular formula is C10H20N2O3. The van der Waals surface area contributed by atoms with Gasteiger partial charge in [0.25, 0.3) is 0 Å². The molecule has 0 aromatic carbocycles. The van der Waals surface area contributed by atoms with Crippen LogP contribution >= 0.6 is 0 Å². The van der Waals surface area contributed by atoms with Crippen molar-refractivity contribution in [2.45, 2.75) is 39.2 Å². The van der Waals surface area contributed by atoms with Crippen molar-refractivity contribution < 1.29 is 14.7 Å². The topological polar surface area (TPSA) is 83.6 Å². The van der Waals surface area contributed by atoms with Crippen LogP contribution in [0.2, 0.25) is 0 Å². The molecule has 0 fully saturated rings. The van der Waals surface area contributed by atoms with Crippen LogP contribution in [0.15, 0.2) is 0 Å². The summed E-state index contributed by atoms with van der Waals surface area (Å²) < 4.78 is 0. The molecule has 0 saturated carbocycles. The highest BCUT2D eigenvalue weighted by Gasteiger charge is 2.30. The van der Waals surface area contributed by atoms with Crippen LogP contribution < -0.4 is 5.73 Å². The lowest BCUT2D eigenvalue weighted by molar-refractivity contribution is -0.140. The zero-order chi connectivity index (χ0) is 12.1. The number of amides is 1. The fraction of sp³-hybridized carbons (Fsp3) is 0.800. The Hall–Kier alpha value is -1.10. The number of carbonyl (C=O) groups is 2. The molecule has 1 atom stereocenters. The highest BCUT2D eigenvalue weighted by molar-refractivity contribution is 5.85. The average Bonchev–Trinajstić information content (AvgIpc) is 2.18. The van der Waals surface area contributed by atoms with Crippen LogP contribution in [0.1, 0.15) is 33.6 Å². The van der Waals surface area contributed by atoms with Crippen molar-refractivity contribution in [3.05, 3.63) is 0 Å². The fourth-order valence-corrected chi connectivity index (χ4v) is 1.15. The van der Waals surface area contributed by atoms with E-state index in [9.17, 15) is 9.59 Å². The van der Waals surface area contributed by atoms with Gasteiger partial charge in [0.05, 0.1) is 12.0 Å². The summed E-state index contributed by atoms with van der Waals surface area (Å²) in [5, 5.41) is 8.53. The first-order valence-electron chi connectivity index (χ1n) is 5.15. The Bertz CT molecular complexity index is 239. The zero-order valence-electron chi connectivity index (χ0n) is 9.62. The number of aliphatic carboxylic acids is 1. The molecular weight excluding hydrogens is 196 g/mol. The summed E-state index contributed by atoms with van der Waals surface area (Å²) in [7, 11) is 0. The average molecular weight is 216 g/mol. The molecule has 5 nitrogen and oxygen atoms in total. The Morgan fingerprint density at radius 2 is 1.93 bits per heavy atom. The van der Waals surface area contributed by atoms with Crippen molar-refractivity contribution in [1.82, 2.24) is 4.90 Å². The number of carbonyl (C=O) groups excluding carboxylic acids is 1. The van der Waals surface area contributed by atoms with Crippen LogP contribution in [0.3, 0.4) is 0 Å². The minimum atomic E-state index is -0.906. The molecule has 0 aliphatic carbocycles. The minimum Gasteiger partial charge on any atom is -0.481 e. The minimum absolute atomic E-state index is 0.0423. The lowest BCUT2D eigenvalue weighted by atomic mass is 9.98. The van der Waals surface area contributed by atoms with Crippen molar-refractivity contribution in [2.75, 3.05) is 13.1 Å². The van der Waals surface area contributed by atoms with E-state index in [2.05, 4.69) is 0 Å². The molecule has 0 radical (unpaired) electrons. The highest BCUT2D eigenvalue weighted by atomic mass is 16.4. The van der Waals surface area contributed by atoms with E-state index in [1.165, 1.54) is 4.90 Å². The van der Waals surface area contributed by atoms with Gasteiger partial charge in [0, 0.05) is 13.1 Å². The van der Waals surface area contributed by atoms with Gasteiger partial charge in [-0.3, -0.25) is 9.59 Å². The predicted molar refractivity (Wildman–Crippen MR) is 57.4 cm³/mol. The van der Waals surface area contributed by atoms with E-state index in [1.807, 2.05) is 13.8 Å². The molecule has 5 heteroatoms. The van der Waals surface area contributed by atoms with E-state index >= 15 is 0 Å². The Kier molecular flexibility index (Phi) is 5.28. The fourth-order valence-electron chi connectivity index (χ4n) is 1.15. The molecule has 0 bridgehead atoms. The summed E-state index contributed by atoms with van der Waals surface area (Å²) in [6.07, 6.45) is 0.495. The Morgan fingerprint density at radius 1 is 1.40 bits per heavy atom. The number of carboxylic acid groups (broad SMARTS) is 1. The molecule has 0 aromatic rings. The first-order valence-corrected chi connectivity index (χ1v) is 5.15. The lowest BCUT2D eigenvalue weighted by Gasteiger charge is -2.29. The van der Waals surface area contributed by atoms with E-state index in [-0.39, 0.29) is 18.9 Å². The smallest absolute Gasteiger partial charge is 0.305 e. The number of carboxylic acids is 1. The molecule has 0 heterocycles. The monoisotopic (exact) mass is 216 g/mol. The van der Waals surface area contributed by atoms with Gasteiger partial charge in [0.1, 0.15) is 0 Å². The number of nitrogens with zero attached hydrogens (tertiary/aromatic N) is 1. The number of likely N-dealkylation sites (N-methyl/N-ethyl adjacent to an activating group) is 1. The summed E-state index contributed by atoms with van der Waals surface area (Å²) in [5.41, 5.74) is 4.91. The SMILES string of the molecule is CCN(CCC(=O)O)C(=O)C(C)(N)CC. The normalized spacial score (nSPS) is 14.4. The number of hydrogen-bond donors (Lipinski definition) is 2. The van der Waals surface area contributed by atoms with Crippen LogP contribution in [0.25, 0.3) is 0 Å². The summed E-state index contributed by atoms with van der Waals surface area (Å²) in [6, 6.07) is 0. The van der Waals surface area contributed by atoms with Crippen LogP contribution in [-0.4, -0.2) is 40.5 Å². The standard InChI is InChI=1S/C10H20N2O3/c1-4-10(3,11)9(15)12(5-2)7-6-8(13)14/h4-7,11H2,1-3H3,(H,13,14). The number of hydrogen-bond acceptors (Lipinski definition) is 3. The molecule has 88 valence electrons. The zero-order valence-corrected chi connectivity index (χ0v) is 9.62. The Balaban J connectivity index is 4.41. The molecule has 1 amide bonds. The molecule has 0 spiro atoms. The molecule has 0 rings (SSSR count). The van der Waals surface area contributed by atoms with Gasteiger partial charge >= 0.3 is 5.97 Å². The first-order chi connectivity index (χ1) is 6.85. The largest absolute Gasteiger partial charge is 0.481 e. The lowest BCUT2D eigenvalue weighted by Crippen LogP contribution is -2.53. The summed E-state index contributed by atoms with van der Waals surface area (Å²) >= 11 is 0. The Labute approximate surface area is 90.2 Å². The third-order valence-corrected chi connectivity index (χ3v) is 2.49. The van der Waals surface area contributed by atoms with Gasteiger partial charge < -0.3 is 15.7 Å². The second-order valence-corrected chi connectivity index (χ2v) is 3.80. The van der Waals surface area contributed by atoms with Gasteiger partial charge in [-0.05, 0) is 20.3 Å². The maximum Gasteiger partial charge on any atom is 0.305 e. The van der Waals surface area contributed by atoms with Crippen LogP contribution in [0.4, 0.5) is 0 Å². The van der Waals surface area contributed by atoms with Crippen molar-refractivity contribution in [3.63, 3.8) is 0 Å². The third kappa shape index (κ3) is 4.29. The van der Waals surface area contributed by atoms with E-state index in [4.69, 9.17) is 10.8 Å². The van der Waals surface area contributed by atoms with E-state index in [0.29, 0.717) is 13.0 Å². The maximum absolute atomic E-state index is 11.8. The molecule has 0 aliphatic heterocycles. The summed E-state index contributed by atoms with van der Waals surface area (Å²) in [5.74, 6) is -1.09. The summed E-state index contributed by atoms with van der Waals surface area (Å²) in [6.45, 7) is 6.02. The van der Waals surface area contributed by atoms with E-state index in [0.717, 1.165) is 0 Å².